The van der Waals surface area contributed by atoms with Gasteiger partial charge in [-0.2, -0.15) is 0 Å². The first-order valence-electron chi connectivity index (χ1n) is 18.9. The Morgan fingerprint density at radius 3 is 1.64 bits per heavy atom. The van der Waals surface area contributed by atoms with Crippen LogP contribution >= 0.6 is 0 Å². The summed E-state index contributed by atoms with van der Waals surface area (Å²) in [6.07, 6.45) is 0. The van der Waals surface area contributed by atoms with Crippen molar-refractivity contribution in [3.63, 3.8) is 0 Å². The van der Waals surface area contributed by atoms with Gasteiger partial charge in [0.15, 0.2) is 0 Å². The van der Waals surface area contributed by atoms with E-state index in [0.717, 1.165) is 44.6 Å². The molecule has 2 nitrogen and oxygen atoms in total. The van der Waals surface area contributed by atoms with Gasteiger partial charge in [0.2, 0.25) is 0 Å². The van der Waals surface area contributed by atoms with Gasteiger partial charge in [-0.25, -0.2) is 0 Å². The summed E-state index contributed by atoms with van der Waals surface area (Å²) >= 11 is 0. The van der Waals surface area contributed by atoms with Crippen molar-refractivity contribution in [2.45, 2.75) is 5.41 Å². The van der Waals surface area contributed by atoms with E-state index in [2.05, 4.69) is 217 Å². The second-order valence-corrected chi connectivity index (χ2v) is 14.5. The molecule has 258 valence electrons. The van der Waals surface area contributed by atoms with E-state index >= 15 is 0 Å². The van der Waals surface area contributed by atoms with Crippen molar-refractivity contribution in [2.24, 2.45) is 0 Å². The molecule has 0 aliphatic heterocycles. The number of nitrogens with zero attached hydrogens (tertiary/aromatic N) is 1. The van der Waals surface area contributed by atoms with Crippen molar-refractivity contribution in [3.05, 3.63) is 235 Å². The van der Waals surface area contributed by atoms with Crippen molar-refractivity contribution < 1.29 is 4.42 Å². The van der Waals surface area contributed by atoms with Gasteiger partial charge < -0.3 is 9.32 Å². The maximum Gasteiger partial charge on any atom is 0.136 e. The van der Waals surface area contributed by atoms with Crippen LogP contribution in [0.25, 0.3) is 55.0 Å². The van der Waals surface area contributed by atoms with Crippen molar-refractivity contribution in [3.8, 4) is 22.3 Å². The summed E-state index contributed by atoms with van der Waals surface area (Å²) in [7, 11) is 0. The monoisotopic (exact) mass is 701 g/mol. The molecule has 10 aromatic rings. The number of rotatable bonds is 6. The first-order valence-corrected chi connectivity index (χ1v) is 18.9. The molecule has 0 saturated carbocycles. The van der Waals surface area contributed by atoms with E-state index in [1.165, 1.54) is 49.7 Å². The van der Waals surface area contributed by atoms with Crippen LogP contribution in [-0.2, 0) is 5.41 Å². The average molecular weight is 702 g/mol. The number of hydrogen-bond donors (Lipinski definition) is 0. The zero-order valence-electron chi connectivity index (χ0n) is 30.1. The van der Waals surface area contributed by atoms with E-state index in [0.29, 0.717) is 0 Å². The van der Waals surface area contributed by atoms with Gasteiger partial charge in [0.05, 0.1) is 5.41 Å². The van der Waals surface area contributed by atoms with Gasteiger partial charge in [0, 0.05) is 27.8 Å². The Bertz CT molecular complexity index is 2990. The molecular formula is C53H35NO. The third-order valence-corrected chi connectivity index (χ3v) is 11.5. The highest BCUT2D eigenvalue weighted by Gasteiger charge is 2.45. The minimum atomic E-state index is -0.416. The average Bonchev–Trinajstić information content (AvgIpc) is 3.76. The number of anilines is 3. The highest BCUT2D eigenvalue weighted by atomic mass is 16.3. The molecule has 55 heavy (non-hydrogen) atoms. The van der Waals surface area contributed by atoms with Gasteiger partial charge in [-0.15, -0.1) is 0 Å². The molecule has 0 bridgehead atoms. The predicted octanol–water partition coefficient (Wildman–Crippen LogP) is 14.2. The van der Waals surface area contributed by atoms with E-state index in [-0.39, 0.29) is 0 Å². The summed E-state index contributed by atoms with van der Waals surface area (Å²) in [5.41, 5.74) is 14.7. The molecule has 0 fully saturated rings. The van der Waals surface area contributed by atoms with Gasteiger partial charge in [0.1, 0.15) is 11.2 Å². The van der Waals surface area contributed by atoms with Crippen LogP contribution in [0.5, 0.6) is 0 Å². The van der Waals surface area contributed by atoms with E-state index < -0.39 is 5.41 Å². The maximum absolute atomic E-state index is 6.39. The van der Waals surface area contributed by atoms with Crippen LogP contribution in [0.1, 0.15) is 22.3 Å². The van der Waals surface area contributed by atoms with Gasteiger partial charge in [-0.3, -0.25) is 0 Å². The minimum Gasteiger partial charge on any atom is -0.456 e. The molecule has 0 amide bonds. The number of hydrogen-bond acceptors (Lipinski definition) is 2. The van der Waals surface area contributed by atoms with Gasteiger partial charge in [0.25, 0.3) is 0 Å². The third-order valence-electron chi connectivity index (χ3n) is 11.5. The summed E-state index contributed by atoms with van der Waals surface area (Å²) in [6, 6.07) is 77.0. The van der Waals surface area contributed by atoms with E-state index in [9.17, 15) is 0 Å². The van der Waals surface area contributed by atoms with Gasteiger partial charge >= 0.3 is 0 Å². The van der Waals surface area contributed by atoms with Gasteiger partial charge in [-0.1, -0.05) is 158 Å². The van der Waals surface area contributed by atoms with E-state index in [1.54, 1.807) is 0 Å². The van der Waals surface area contributed by atoms with Crippen molar-refractivity contribution in [1.82, 2.24) is 0 Å². The Balaban J connectivity index is 1.03. The van der Waals surface area contributed by atoms with Crippen molar-refractivity contribution in [2.75, 3.05) is 4.90 Å². The van der Waals surface area contributed by atoms with Crippen LogP contribution in [0.3, 0.4) is 0 Å². The largest absolute Gasteiger partial charge is 0.456 e. The zero-order valence-corrected chi connectivity index (χ0v) is 30.1. The second kappa shape index (κ2) is 12.5. The Kier molecular flexibility index (Phi) is 7.11. The highest BCUT2D eigenvalue weighted by molar-refractivity contribution is 6.11. The molecule has 1 heterocycles. The number of fused-ring (bicyclic) bond motifs is 7. The molecule has 0 atom stereocenters. The normalized spacial score (nSPS) is 12.9. The predicted molar refractivity (Wildman–Crippen MR) is 229 cm³/mol. The lowest BCUT2D eigenvalue weighted by atomic mass is 9.67. The Hall–Kier alpha value is -7.16. The fourth-order valence-corrected chi connectivity index (χ4v) is 9.06. The highest BCUT2D eigenvalue weighted by Crippen LogP contribution is 2.56. The molecule has 0 spiro atoms. The molecular weight excluding hydrogens is 667 g/mol. The van der Waals surface area contributed by atoms with Gasteiger partial charge in [-0.05, 0) is 110 Å². The van der Waals surface area contributed by atoms with E-state index in [1.807, 2.05) is 0 Å². The second-order valence-electron chi connectivity index (χ2n) is 14.5. The lowest BCUT2D eigenvalue weighted by Crippen LogP contribution is -2.28. The van der Waals surface area contributed by atoms with Crippen LogP contribution in [0.15, 0.2) is 217 Å². The number of furan rings is 1. The number of benzene rings is 9. The molecule has 0 saturated heterocycles. The quantitative estimate of drug-likeness (QED) is 0.172. The lowest BCUT2D eigenvalue weighted by molar-refractivity contribution is 0.669. The Morgan fingerprint density at radius 2 is 0.909 bits per heavy atom. The molecule has 1 aliphatic rings. The standard InChI is InChI=1S/C53H35NO/c1-3-17-40(18-4-1)53(49-24-11-9-22-45(49)46-23-10-12-25-50(46)53)41-28-26-36(27-29-41)37-16-13-21-43(32-37)54(42-19-5-2-6-20-42)44-30-31-51-48(35-44)47-33-38-14-7-8-15-39(38)34-52(47)55-51/h1-35H. The first-order chi connectivity index (χ1) is 27.3. The summed E-state index contributed by atoms with van der Waals surface area (Å²) in [4.78, 5) is 2.34. The molecule has 0 N–H and O–H groups in total. The lowest BCUT2D eigenvalue weighted by Gasteiger charge is -2.34. The molecule has 1 aliphatic carbocycles. The fraction of sp³-hybridized carbons (Fsp3) is 0.0189. The van der Waals surface area contributed by atoms with Crippen LogP contribution < -0.4 is 4.90 Å². The number of para-hydroxylation sites is 1. The molecule has 11 rings (SSSR count). The summed E-state index contributed by atoms with van der Waals surface area (Å²) in [6.45, 7) is 0. The van der Waals surface area contributed by atoms with Crippen LogP contribution in [-0.4, -0.2) is 0 Å². The summed E-state index contributed by atoms with van der Waals surface area (Å²) in [5.74, 6) is 0. The molecule has 1 aromatic heterocycles. The smallest absolute Gasteiger partial charge is 0.136 e. The van der Waals surface area contributed by atoms with Crippen LogP contribution in [0, 0.1) is 0 Å². The molecule has 9 aromatic carbocycles. The Labute approximate surface area is 320 Å². The van der Waals surface area contributed by atoms with E-state index in [4.69, 9.17) is 4.42 Å². The van der Waals surface area contributed by atoms with Crippen LogP contribution in [0.2, 0.25) is 0 Å². The molecule has 2 heteroatoms. The maximum atomic E-state index is 6.39. The summed E-state index contributed by atoms with van der Waals surface area (Å²) < 4.78 is 6.39. The van der Waals surface area contributed by atoms with Crippen molar-refractivity contribution >= 4 is 49.8 Å². The summed E-state index contributed by atoms with van der Waals surface area (Å²) in [5, 5.41) is 4.61. The molecule has 0 radical (unpaired) electrons. The SMILES string of the molecule is c1ccc(N(c2cccc(-c3ccc(C4(c5ccccc5)c5ccccc5-c5ccccc54)cc3)c2)c2ccc3oc4cc5ccccc5cc4c3c2)cc1. The minimum absolute atomic E-state index is 0.416. The first kappa shape index (κ1) is 31.4. The van der Waals surface area contributed by atoms with Crippen LogP contribution in [0.4, 0.5) is 17.1 Å². The Morgan fingerprint density at radius 1 is 0.345 bits per heavy atom. The third kappa shape index (κ3) is 4.89. The zero-order chi connectivity index (χ0) is 36.3. The molecule has 0 unspecified atom stereocenters. The topological polar surface area (TPSA) is 16.4 Å². The fourth-order valence-electron chi connectivity index (χ4n) is 9.06. The van der Waals surface area contributed by atoms with Crippen molar-refractivity contribution in [1.29, 1.82) is 0 Å².